The number of halogens is 1. The molecule has 0 saturated heterocycles. The fourth-order valence-corrected chi connectivity index (χ4v) is 2.84. The average molecular weight is 357 g/mol. The highest BCUT2D eigenvalue weighted by Crippen LogP contribution is 2.23. The van der Waals surface area contributed by atoms with Crippen LogP contribution in [0.3, 0.4) is 0 Å². The summed E-state index contributed by atoms with van der Waals surface area (Å²) in [4.78, 5) is 12.2. The van der Waals surface area contributed by atoms with E-state index >= 15 is 0 Å². The largest absolute Gasteiger partial charge is 0.416 e. The van der Waals surface area contributed by atoms with Gasteiger partial charge in [0.25, 0.3) is 5.22 Å². The minimum Gasteiger partial charge on any atom is -0.416 e. The third-order valence-electron chi connectivity index (χ3n) is 3.39. The predicted octanol–water partition coefficient (Wildman–Crippen LogP) is 3.92. The van der Waals surface area contributed by atoms with E-state index in [1.807, 2.05) is 30.3 Å². The molecule has 0 fully saturated rings. The zero-order valence-corrected chi connectivity index (χ0v) is 14.3. The summed E-state index contributed by atoms with van der Waals surface area (Å²) in [5.41, 5.74) is 1.48. The van der Waals surface area contributed by atoms with Crippen molar-refractivity contribution in [3.05, 3.63) is 71.9 Å². The fourth-order valence-electron chi connectivity index (χ4n) is 2.14. The van der Waals surface area contributed by atoms with Gasteiger partial charge >= 0.3 is 0 Å². The molecule has 1 atom stereocenters. The van der Waals surface area contributed by atoms with Gasteiger partial charge in [0.15, 0.2) is 0 Å². The summed E-state index contributed by atoms with van der Waals surface area (Å²) in [6.07, 6.45) is 0.540. The number of rotatable bonds is 6. The fraction of sp³-hybridized carbons (Fsp3) is 0.167. The minimum absolute atomic E-state index is 0.265. The van der Waals surface area contributed by atoms with E-state index in [9.17, 15) is 9.18 Å². The molecule has 0 unspecified atom stereocenters. The second-order valence-corrected chi connectivity index (χ2v) is 6.68. The highest BCUT2D eigenvalue weighted by Gasteiger charge is 2.18. The number of benzene rings is 2. The van der Waals surface area contributed by atoms with Crippen LogP contribution >= 0.6 is 11.8 Å². The summed E-state index contributed by atoms with van der Waals surface area (Å²) in [5.74, 6) is -0.176. The Labute approximate surface area is 148 Å². The van der Waals surface area contributed by atoms with Crippen molar-refractivity contribution in [3.8, 4) is 0 Å². The number of carbonyl (C=O) groups excluding carboxylic acids is 1. The third kappa shape index (κ3) is 4.90. The molecule has 0 aliphatic rings. The molecular weight excluding hydrogens is 341 g/mol. The lowest BCUT2D eigenvalue weighted by atomic mass is 10.2. The van der Waals surface area contributed by atoms with Gasteiger partial charge in [0.05, 0.1) is 11.7 Å². The molecule has 3 aromatic rings. The monoisotopic (exact) mass is 357 g/mol. The number of thioether (sulfide) groups is 1. The number of aromatic nitrogens is 2. The van der Waals surface area contributed by atoms with E-state index in [0.29, 0.717) is 23.2 Å². The second-order valence-electron chi connectivity index (χ2n) is 5.38. The van der Waals surface area contributed by atoms with Crippen LogP contribution in [0.2, 0.25) is 0 Å². The van der Waals surface area contributed by atoms with Crippen LogP contribution in [-0.2, 0) is 11.2 Å². The van der Waals surface area contributed by atoms with Crippen LogP contribution in [0.15, 0.2) is 64.2 Å². The van der Waals surface area contributed by atoms with Crippen LogP contribution in [0.1, 0.15) is 18.4 Å². The summed E-state index contributed by atoms with van der Waals surface area (Å²) in [6.45, 7) is 1.72. The SMILES string of the molecule is C[C@@H](Sc1nnc(Cc2ccccc2)o1)C(=O)Nc1cccc(F)c1. The van der Waals surface area contributed by atoms with Crippen LogP contribution in [0.25, 0.3) is 0 Å². The van der Waals surface area contributed by atoms with E-state index < -0.39 is 11.1 Å². The summed E-state index contributed by atoms with van der Waals surface area (Å²) >= 11 is 1.16. The summed E-state index contributed by atoms with van der Waals surface area (Å²) < 4.78 is 18.7. The molecule has 1 heterocycles. The van der Waals surface area contributed by atoms with Crippen LogP contribution < -0.4 is 5.32 Å². The van der Waals surface area contributed by atoms with Gasteiger partial charge in [-0.1, -0.05) is 48.2 Å². The Morgan fingerprint density at radius 2 is 2.00 bits per heavy atom. The summed E-state index contributed by atoms with van der Waals surface area (Å²) in [5, 5.41) is 10.5. The molecule has 2 aromatic carbocycles. The third-order valence-corrected chi connectivity index (χ3v) is 4.32. The van der Waals surface area contributed by atoms with Gasteiger partial charge in [-0.3, -0.25) is 4.79 Å². The van der Waals surface area contributed by atoms with E-state index in [0.717, 1.165) is 17.3 Å². The number of nitrogens with one attached hydrogen (secondary N) is 1. The van der Waals surface area contributed by atoms with E-state index in [2.05, 4.69) is 15.5 Å². The van der Waals surface area contributed by atoms with Gasteiger partial charge in [0.2, 0.25) is 11.8 Å². The highest BCUT2D eigenvalue weighted by atomic mass is 32.2. The number of carbonyl (C=O) groups is 1. The minimum atomic E-state index is -0.465. The van der Waals surface area contributed by atoms with Gasteiger partial charge in [-0.15, -0.1) is 10.2 Å². The maximum atomic E-state index is 13.2. The smallest absolute Gasteiger partial charge is 0.277 e. The molecule has 25 heavy (non-hydrogen) atoms. The molecule has 0 saturated carbocycles. The number of hydrogen-bond donors (Lipinski definition) is 1. The van der Waals surface area contributed by atoms with Crippen molar-refractivity contribution in [2.24, 2.45) is 0 Å². The molecule has 3 rings (SSSR count). The van der Waals surface area contributed by atoms with Crippen molar-refractivity contribution in [1.29, 1.82) is 0 Å². The Bertz CT molecular complexity index is 854. The summed E-state index contributed by atoms with van der Waals surface area (Å²) in [6, 6.07) is 15.5. The zero-order valence-electron chi connectivity index (χ0n) is 13.5. The van der Waals surface area contributed by atoms with Gasteiger partial charge in [0.1, 0.15) is 5.82 Å². The molecule has 0 radical (unpaired) electrons. The normalized spacial score (nSPS) is 11.9. The maximum absolute atomic E-state index is 13.2. The first-order valence-corrected chi connectivity index (χ1v) is 8.57. The van der Waals surface area contributed by atoms with Crippen molar-refractivity contribution in [2.45, 2.75) is 23.8 Å². The topological polar surface area (TPSA) is 68.0 Å². The van der Waals surface area contributed by atoms with Crippen molar-refractivity contribution >= 4 is 23.4 Å². The highest BCUT2D eigenvalue weighted by molar-refractivity contribution is 8.00. The van der Waals surface area contributed by atoms with Crippen LogP contribution in [0.5, 0.6) is 0 Å². The number of hydrogen-bond acceptors (Lipinski definition) is 5. The number of amides is 1. The first-order valence-electron chi connectivity index (χ1n) is 7.69. The second kappa shape index (κ2) is 7.94. The van der Waals surface area contributed by atoms with Crippen LogP contribution in [0.4, 0.5) is 10.1 Å². The average Bonchev–Trinajstić information content (AvgIpc) is 3.02. The molecule has 0 spiro atoms. The van der Waals surface area contributed by atoms with Gasteiger partial charge in [-0.2, -0.15) is 0 Å². The standard InChI is InChI=1S/C18H16FN3O2S/c1-12(17(23)20-15-9-5-8-14(19)11-15)25-18-22-21-16(24-18)10-13-6-3-2-4-7-13/h2-9,11-12H,10H2,1H3,(H,20,23)/t12-/m1/s1. The van der Waals surface area contributed by atoms with Gasteiger partial charge < -0.3 is 9.73 Å². The van der Waals surface area contributed by atoms with Crippen molar-refractivity contribution in [2.75, 3.05) is 5.32 Å². The Balaban J connectivity index is 1.57. The van der Waals surface area contributed by atoms with E-state index in [1.165, 1.54) is 18.2 Å². The van der Waals surface area contributed by atoms with Gasteiger partial charge in [0, 0.05) is 5.69 Å². The Morgan fingerprint density at radius 1 is 1.20 bits per heavy atom. The predicted molar refractivity (Wildman–Crippen MR) is 93.9 cm³/mol. The first kappa shape index (κ1) is 17.2. The van der Waals surface area contributed by atoms with Gasteiger partial charge in [-0.25, -0.2) is 4.39 Å². The number of anilines is 1. The van der Waals surface area contributed by atoms with E-state index in [-0.39, 0.29) is 5.91 Å². The molecule has 1 amide bonds. The molecule has 0 aliphatic carbocycles. The first-order chi connectivity index (χ1) is 12.1. The molecular formula is C18H16FN3O2S. The molecule has 0 aliphatic heterocycles. The molecule has 0 bridgehead atoms. The van der Waals surface area contributed by atoms with E-state index in [4.69, 9.17) is 4.42 Å². The van der Waals surface area contributed by atoms with E-state index in [1.54, 1.807) is 13.0 Å². The quantitative estimate of drug-likeness (QED) is 0.677. The van der Waals surface area contributed by atoms with Crippen molar-refractivity contribution < 1.29 is 13.6 Å². The van der Waals surface area contributed by atoms with Crippen LogP contribution in [-0.4, -0.2) is 21.4 Å². The zero-order chi connectivity index (χ0) is 17.6. The molecule has 5 nitrogen and oxygen atoms in total. The maximum Gasteiger partial charge on any atom is 0.277 e. The Kier molecular flexibility index (Phi) is 5.45. The van der Waals surface area contributed by atoms with Crippen molar-refractivity contribution in [1.82, 2.24) is 10.2 Å². The molecule has 1 N–H and O–H groups in total. The Hall–Kier alpha value is -2.67. The van der Waals surface area contributed by atoms with Gasteiger partial charge in [-0.05, 0) is 30.7 Å². The number of nitrogens with zero attached hydrogens (tertiary/aromatic N) is 2. The van der Waals surface area contributed by atoms with Crippen molar-refractivity contribution in [3.63, 3.8) is 0 Å². The Morgan fingerprint density at radius 3 is 2.76 bits per heavy atom. The lowest BCUT2D eigenvalue weighted by molar-refractivity contribution is -0.115. The summed E-state index contributed by atoms with van der Waals surface area (Å²) in [7, 11) is 0. The molecule has 1 aromatic heterocycles. The lowest BCUT2D eigenvalue weighted by Gasteiger charge is -2.09. The molecule has 128 valence electrons. The lowest BCUT2D eigenvalue weighted by Crippen LogP contribution is -2.22. The molecule has 7 heteroatoms. The van der Waals surface area contributed by atoms with Crippen LogP contribution in [0, 0.1) is 5.82 Å².